The summed E-state index contributed by atoms with van der Waals surface area (Å²) in [5.74, 6) is -2.40. The molecule has 34 heavy (non-hydrogen) atoms. The van der Waals surface area contributed by atoms with Gasteiger partial charge in [0, 0.05) is 6.42 Å². The lowest BCUT2D eigenvalue weighted by atomic mass is 10.2. The Labute approximate surface area is 199 Å². The highest BCUT2D eigenvalue weighted by Crippen LogP contribution is 2.07. The number of hydrogen-bond donors (Lipinski definition) is 1. The Morgan fingerprint density at radius 1 is 0.588 bits per heavy atom. The molecule has 0 aliphatic heterocycles. The van der Waals surface area contributed by atoms with Crippen LogP contribution in [0.2, 0.25) is 0 Å². The molecule has 1 aromatic carbocycles. The second-order valence-corrected chi connectivity index (χ2v) is 6.67. The number of ketones is 1. The van der Waals surface area contributed by atoms with E-state index in [9.17, 15) is 14.4 Å². The van der Waals surface area contributed by atoms with Gasteiger partial charge in [0.15, 0.2) is 0 Å². The number of benzene rings is 1. The summed E-state index contributed by atoms with van der Waals surface area (Å²) in [7, 11) is 0. The van der Waals surface area contributed by atoms with E-state index in [0.717, 1.165) is 5.75 Å². The van der Waals surface area contributed by atoms with E-state index in [0.29, 0.717) is 66.1 Å². The highest BCUT2D eigenvalue weighted by Gasteiger charge is 2.14. The van der Waals surface area contributed by atoms with Crippen LogP contribution in [-0.4, -0.2) is 102 Å². The van der Waals surface area contributed by atoms with E-state index in [1.165, 1.54) is 0 Å². The minimum atomic E-state index is -1.56. The molecule has 1 N–H and O–H groups in total. The smallest absolute Gasteiger partial charge is 0.372 e. The molecule has 11 nitrogen and oxygen atoms in total. The van der Waals surface area contributed by atoms with Gasteiger partial charge in [0.25, 0.3) is 0 Å². The van der Waals surface area contributed by atoms with Crippen molar-refractivity contribution in [1.82, 2.24) is 0 Å². The number of carbonyl (C=O) groups excluding carboxylic acids is 2. The molecule has 0 saturated heterocycles. The summed E-state index contributed by atoms with van der Waals surface area (Å²) in [6.45, 7) is 4.64. The predicted molar refractivity (Wildman–Crippen MR) is 119 cm³/mol. The lowest BCUT2D eigenvalue weighted by Crippen LogP contribution is -2.17. The molecule has 1 rings (SSSR count). The van der Waals surface area contributed by atoms with Gasteiger partial charge in [-0.1, -0.05) is 18.2 Å². The third-order valence-corrected chi connectivity index (χ3v) is 4.01. The first-order valence-corrected chi connectivity index (χ1v) is 11.1. The fourth-order valence-corrected chi connectivity index (χ4v) is 2.33. The first-order chi connectivity index (χ1) is 16.6. The summed E-state index contributed by atoms with van der Waals surface area (Å²) in [6.07, 6.45) is -0.644. The molecule has 0 radical (unpaired) electrons. The third kappa shape index (κ3) is 17.9. The van der Waals surface area contributed by atoms with E-state index in [4.69, 9.17) is 38.3 Å². The summed E-state index contributed by atoms with van der Waals surface area (Å²) in [5.41, 5.74) is 0. The molecule has 0 atom stereocenters. The van der Waals surface area contributed by atoms with Crippen molar-refractivity contribution in [2.45, 2.75) is 12.8 Å². The van der Waals surface area contributed by atoms with Gasteiger partial charge in [-0.15, -0.1) is 0 Å². The van der Waals surface area contributed by atoms with Gasteiger partial charge in [-0.3, -0.25) is 9.59 Å². The van der Waals surface area contributed by atoms with Crippen molar-refractivity contribution in [2.24, 2.45) is 0 Å². The molecule has 0 fully saturated rings. The summed E-state index contributed by atoms with van der Waals surface area (Å²) >= 11 is 0. The minimum Gasteiger partial charge on any atom is -0.491 e. The standard InChI is InChI=1S/C23H34O11/c24-21(23(26)27)6-7-22(25)34-19-17-32-15-13-30-11-9-28-8-10-29-12-14-31-16-18-33-20-4-2-1-3-5-20/h1-5H,6-19H2,(H,26,27). The van der Waals surface area contributed by atoms with Crippen molar-refractivity contribution >= 4 is 17.7 Å². The van der Waals surface area contributed by atoms with Crippen LogP contribution in [-0.2, 0) is 42.8 Å². The lowest BCUT2D eigenvalue weighted by molar-refractivity contribution is -0.151. The van der Waals surface area contributed by atoms with Crippen LogP contribution in [0.1, 0.15) is 12.8 Å². The molecule has 0 saturated carbocycles. The second kappa shape index (κ2) is 21.0. The average Bonchev–Trinajstić information content (AvgIpc) is 2.84. The van der Waals surface area contributed by atoms with Crippen molar-refractivity contribution in [3.05, 3.63) is 30.3 Å². The van der Waals surface area contributed by atoms with E-state index in [1.807, 2.05) is 30.3 Å². The van der Waals surface area contributed by atoms with Crippen LogP contribution in [0, 0.1) is 0 Å². The van der Waals surface area contributed by atoms with Gasteiger partial charge in [0.1, 0.15) is 19.0 Å². The fraction of sp³-hybridized carbons (Fsp3) is 0.609. The second-order valence-electron chi connectivity index (χ2n) is 6.67. The van der Waals surface area contributed by atoms with E-state index < -0.39 is 17.7 Å². The zero-order valence-electron chi connectivity index (χ0n) is 19.3. The molecular weight excluding hydrogens is 452 g/mol. The number of carboxylic acids is 1. The molecule has 0 aliphatic carbocycles. The van der Waals surface area contributed by atoms with Crippen LogP contribution >= 0.6 is 0 Å². The molecule has 0 aliphatic rings. The van der Waals surface area contributed by atoms with Crippen molar-refractivity contribution in [1.29, 1.82) is 0 Å². The molecule has 1 aromatic rings. The molecular formula is C23H34O11. The maximum absolute atomic E-state index is 11.3. The zero-order chi connectivity index (χ0) is 24.7. The monoisotopic (exact) mass is 486 g/mol. The minimum absolute atomic E-state index is 0.0235. The van der Waals surface area contributed by atoms with Gasteiger partial charge < -0.3 is 38.3 Å². The van der Waals surface area contributed by atoms with Crippen molar-refractivity contribution < 1.29 is 52.6 Å². The van der Waals surface area contributed by atoms with Crippen LogP contribution in [0.25, 0.3) is 0 Å². The zero-order valence-corrected chi connectivity index (χ0v) is 19.3. The highest BCUT2D eigenvalue weighted by atomic mass is 16.6. The van der Waals surface area contributed by atoms with Gasteiger partial charge >= 0.3 is 11.9 Å². The van der Waals surface area contributed by atoms with Crippen molar-refractivity contribution in [2.75, 3.05) is 79.3 Å². The largest absolute Gasteiger partial charge is 0.491 e. The van der Waals surface area contributed by atoms with Gasteiger partial charge in [-0.2, -0.15) is 0 Å². The average molecular weight is 487 g/mol. The molecule has 0 aromatic heterocycles. The highest BCUT2D eigenvalue weighted by molar-refractivity contribution is 6.32. The van der Waals surface area contributed by atoms with Crippen molar-refractivity contribution in [3.63, 3.8) is 0 Å². The normalized spacial score (nSPS) is 10.7. The first-order valence-electron chi connectivity index (χ1n) is 11.1. The molecule has 0 bridgehead atoms. The fourth-order valence-electron chi connectivity index (χ4n) is 2.33. The number of rotatable bonds is 23. The van der Waals surface area contributed by atoms with Crippen molar-refractivity contribution in [3.8, 4) is 5.75 Å². The summed E-state index contributed by atoms with van der Waals surface area (Å²) in [6, 6.07) is 9.56. The number of ether oxygens (including phenoxy) is 7. The molecule has 11 heteroatoms. The molecule has 192 valence electrons. The van der Waals surface area contributed by atoms with Gasteiger partial charge in [-0.05, 0) is 12.1 Å². The Morgan fingerprint density at radius 3 is 1.50 bits per heavy atom. The summed E-state index contributed by atoms with van der Waals surface area (Å²) in [5, 5.41) is 8.41. The van der Waals surface area contributed by atoms with Crippen LogP contribution in [0.4, 0.5) is 0 Å². The van der Waals surface area contributed by atoms with Crippen LogP contribution in [0.15, 0.2) is 30.3 Å². The number of carbonyl (C=O) groups is 3. The maximum atomic E-state index is 11.3. The van der Waals surface area contributed by atoms with E-state index in [2.05, 4.69) is 0 Å². The molecule has 0 unspecified atom stereocenters. The Kier molecular flexibility index (Phi) is 18.2. The number of para-hydroxylation sites is 1. The van der Waals surface area contributed by atoms with Gasteiger partial charge in [-0.25, -0.2) is 4.79 Å². The van der Waals surface area contributed by atoms with Crippen LogP contribution in [0.5, 0.6) is 5.75 Å². The van der Waals surface area contributed by atoms with E-state index in [1.54, 1.807) is 0 Å². The Bertz CT molecular complexity index is 666. The molecule has 0 amide bonds. The Balaban J connectivity index is 1.72. The number of esters is 1. The predicted octanol–water partition coefficient (Wildman–Crippen LogP) is 1.13. The number of carboxylic acid groups (broad SMARTS) is 1. The summed E-state index contributed by atoms with van der Waals surface area (Å²) < 4.78 is 37.1. The van der Waals surface area contributed by atoms with E-state index >= 15 is 0 Å². The van der Waals surface area contributed by atoms with E-state index in [-0.39, 0.29) is 26.1 Å². The lowest BCUT2D eigenvalue weighted by Gasteiger charge is -2.09. The quantitative estimate of drug-likeness (QED) is 0.135. The number of hydrogen-bond acceptors (Lipinski definition) is 10. The Morgan fingerprint density at radius 2 is 1.03 bits per heavy atom. The number of aliphatic carboxylic acids is 1. The van der Waals surface area contributed by atoms with Gasteiger partial charge in [0.2, 0.25) is 5.78 Å². The number of Topliss-reactive ketones (excluding diaryl/α,β-unsaturated/α-hetero) is 1. The third-order valence-electron chi connectivity index (χ3n) is 4.01. The molecule has 0 heterocycles. The molecule has 0 spiro atoms. The maximum Gasteiger partial charge on any atom is 0.372 e. The van der Waals surface area contributed by atoms with Crippen LogP contribution in [0.3, 0.4) is 0 Å². The SMILES string of the molecule is O=C(CCC(=O)C(=O)O)OCCOCCOCCOCCOCCOCCOc1ccccc1. The topological polar surface area (TPSA) is 136 Å². The first kappa shape index (κ1) is 29.5. The van der Waals surface area contributed by atoms with Gasteiger partial charge in [0.05, 0.1) is 72.5 Å². The van der Waals surface area contributed by atoms with Crippen LogP contribution < -0.4 is 4.74 Å². The summed E-state index contributed by atoms with van der Waals surface area (Å²) in [4.78, 5) is 32.5. The Hall–Kier alpha value is -2.57.